The van der Waals surface area contributed by atoms with Crippen LogP contribution in [0.4, 0.5) is 0 Å². The number of rotatable bonds is 3. The SMILES string of the molecule is C=C(O)c1cc(C(C)=O)cc(C(=O)OC)c1. The smallest absolute Gasteiger partial charge is 0.337 e. The molecule has 0 aliphatic heterocycles. The van der Waals surface area contributed by atoms with Crippen molar-refractivity contribution in [1.29, 1.82) is 0 Å². The van der Waals surface area contributed by atoms with Crippen molar-refractivity contribution < 1.29 is 19.4 Å². The van der Waals surface area contributed by atoms with Crippen molar-refractivity contribution in [2.24, 2.45) is 0 Å². The minimum atomic E-state index is -0.564. The first-order valence-corrected chi connectivity index (χ1v) is 4.58. The first-order chi connectivity index (χ1) is 7.45. The van der Waals surface area contributed by atoms with E-state index in [0.29, 0.717) is 11.1 Å². The van der Waals surface area contributed by atoms with Crippen LogP contribution in [0.25, 0.3) is 5.76 Å². The molecule has 0 heterocycles. The van der Waals surface area contributed by atoms with Gasteiger partial charge in [0.2, 0.25) is 0 Å². The highest BCUT2D eigenvalue weighted by Gasteiger charge is 2.11. The summed E-state index contributed by atoms with van der Waals surface area (Å²) in [5.74, 6) is -0.966. The first-order valence-electron chi connectivity index (χ1n) is 4.58. The molecule has 4 nitrogen and oxygen atoms in total. The topological polar surface area (TPSA) is 63.6 Å². The van der Waals surface area contributed by atoms with E-state index in [1.54, 1.807) is 0 Å². The number of esters is 1. The van der Waals surface area contributed by atoms with Gasteiger partial charge in [0.25, 0.3) is 0 Å². The van der Waals surface area contributed by atoms with Crippen molar-refractivity contribution in [3.63, 3.8) is 0 Å². The van der Waals surface area contributed by atoms with Gasteiger partial charge in [-0.2, -0.15) is 0 Å². The third-order valence-electron chi connectivity index (χ3n) is 2.09. The molecule has 0 saturated carbocycles. The van der Waals surface area contributed by atoms with Crippen LogP contribution in [0.1, 0.15) is 33.2 Å². The van der Waals surface area contributed by atoms with Gasteiger partial charge >= 0.3 is 5.97 Å². The number of hydrogen-bond acceptors (Lipinski definition) is 4. The molecule has 0 aliphatic carbocycles. The minimum absolute atomic E-state index is 0.201. The second kappa shape index (κ2) is 4.61. The molecular weight excluding hydrogens is 208 g/mol. The molecule has 1 rings (SSSR count). The van der Waals surface area contributed by atoms with Crippen molar-refractivity contribution in [2.75, 3.05) is 7.11 Å². The summed E-state index contributed by atoms with van der Waals surface area (Å²) in [7, 11) is 1.25. The molecule has 0 atom stereocenters. The second-order valence-electron chi connectivity index (χ2n) is 3.29. The van der Waals surface area contributed by atoms with Crippen LogP contribution in [0.2, 0.25) is 0 Å². The second-order valence-corrected chi connectivity index (χ2v) is 3.29. The van der Waals surface area contributed by atoms with E-state index in [4.69, 9.17) is 0 Å². The lowest BCUT2D eigenvalue weighted by atomic mass is 10.0. The average Bonchev–Trinajstić information content (AvgIpc) is 2.27. The lowest BCUT2D eigenvalue weighted by Crippen LogP contribution is -2.05. The molecule has 16 heavy (non-hydrogen) atoms. The third kappa shape index (κ3) is 2.48. The molecule has 0 aliphatic rings. The van der Waals surface area contributed by atoms with E-state index in [1.165, 1.54) is 32.2 Å². The van der Waals surface area contributed by atoms with Gasteiger partial charge in [0.05, 0.1) is 12.7 Å². The largest absolute Gasteiger partial charge is 0.508 e. The van der Waals surface area contributed by atoms with Crippen LogP contribution in [0, 0.1) is 0 Å². The maximum absolute atomic E-state index is 11.3. The van der Waals surface area contributed by atoms with Gasteiger partial charge in [-0.15, -0.1) is 0 Å². The molecule has 4 heteroatoms. The van der Waals surface area contributed by atoms with E-state index in [1.807, 2.05) is 0 Å². The first kappa shape index (κ1) is 12.0. The van der Waals surface area contributed by atoms with Gasteiger partial charge in [-0.3, -0.25) is 4.79 Å². The lowest BCUT2D eigenvalue weighted by molar-refractivity contribution is 0.0600. The van der Waals surface area contributed by atoms with Crippen LogP contribution in [-0.2, 0) is 4.74 Å². The van der Waals surface area contributed by atoms with Gasteiger partial charge in [-0.25, -0.2) is 4.79 Å². The van der Waals surface area contributed by atoms with Crippen molar-refractivity contribution in [3.05, 3.63) is 41.5 Å². The number of methoxy groups -OCH3 is 1. The van der Waals surface area contributed by atoms with Crippen LogP contribution in [0.3, 0.4) is 0 Å². The summed E-state index contributed by atoms with van der Waals surface area (Å²) in [4.78, 5) is 22.5. The number of benzene rings is 1. The van der Waals surface area contributed by atoms with Gasteiger partial charge in [0.15, 0.2) is 5.78 Å². The van der Waals surface area contributed by atoms with E-state index in [9.17, 15) is 14.7 Å². The van der Waals surface area contributed by atoms with Crippen LogP contribution >= 0.6 is 0 Å². The Balaban J connectivity index is 3.35. The van der Waals surface area contributed by atoms with Crippen LogP contribution in [0.5, 0.6) is 0 Å². The zero-order valence-corrected chi connectivity index (χ0v) is 9.11. The number of carbonyl (C=O) groups is 2. The number of Topliss-reactive ketones (excluding diaryl/α,β-unsaturated/α-hetero) is 1. The number of aliphatic hydroxyl groups excluding tert-OH is 1. The normalized spacial score (nSPS) is 9.62. The van der Waals surface area contributed by atoms with Crippen molar-refractivity contribution in [3.8, 4) is 0 Å². The molecule has 0 radical (unpaired) electrons. The molecule has 0 unspecified atom stereocenters. The zero-order valence-electron chi connectivity index (χ0n) is 9.11. The monoisotopic (exact) mass is 220 g/mol. The Labute approximate surface area is 93.2 Å². The van der Waals surface area contributed by atoms with E-state index in [0.717, 1.165) is 0 Å². The highest BCUT2D eigenvalue weighted by Crippen LogP contribution is 2.16. The molecular formula is C12H12O4. The molecule has 0 amide bonds. The maximum Gasteiger partial charge on any atom is 0.337 e. The Hall–Kier alpha value is -2.10. The fourth-order valence-electron chi connectivity index (χ4n) is 1.23. The summed E-state index contributed by atoms with van der Waals surface area (Å²) < 4.78 is 4.54. The number of hydrogen-bond donors (Lipinski definition) is 1. The van der Waals surface area contributed by atoms with Gasteiger partial charge < -0.3 is 9.84 Å². The van der Waals surface area contributed by atoms with Gasteiger partial charge in [0.1, 0.15) is 5.76 Å². The van der Waals surface area contributed by atoms with E-state index in [2.05, 4.69) is 11.3 Å². The fraction of sp³-hybridized carbons (Fsp3) is 0.167. The Morgan fingerprint density at radius 2 is 1.69 bits per heavy atom. The fourth-order valence-corrected chi connectivity index (χ4v) is 1.23. The number of carbonyl (C=O) groups excluding carboxylic acids is 2. The van der Waals surface area contributed by atoms with Crippen LogP contribution in [-0.4, -0.2) is 24.0 Å². The Kier molecular flexibility index (Phi) is 3.45. The Bertz CT molecular complexity index is 428. The Morgan fingerprint density at radius 1 is 1.19 bits per heavy atom. The quantitative estimate of drug-likeness (QED) is 0.482. The molecule has 0 fully saturated rings. The molecule has 1 N–H and O–H groups in total. The standard InChI is InChI=1S/C12H12O4/c1-7(13)9-4-10(8(2)14)6-11(5-9)12(15)16-3/h4-6,13H,1H2,2-3H3. The molecule has 0 saturated heterocycles. The number of ketones is 1. The highest BCUT2D eigenvalue weighted by molar-refractivity contribution is 5.98. The summed E-state index contributed by atoms with van der Waals surface area (Å²) in [5.41, 5.74) is 0.863. The molecule has 0 spiro atoms. The summed E-state index contributed by atoms with van der Waals surface area (Å²) in [5, 5.41) is 9.25. The summed E-state index contributed by atoms with van der Waals surface area (Å²) in [6, 6.07) is 4.30. The molecule has 84 valence electrons. The van der Waals surface area contributed by atoms with E-state index >= 15 is 0 Å². The van der Waals surface area contributed by atoms with Gasteiger partial charge in [-0.05, 0) is 25.1 Å². The molecule has 1 aromatic carbocycles. The Morgan fingerprint density at radius 3 is 2.12 bits per heavy atom. The number of aliphatic hydroxyl groups is 1. The van der Waals surface area contributed by atoms with E-state index < -0.39 is 5.97 Å². The van der Waals surface area contributed by atoms with Crippen molar-refractivity contribution >= 4 is 17.5 Å². The lowest BCUT2D eigenvalue weighted by Gasteiger charge is -2.05. The van der Waals surface area contributed by atoms with Gasteiger partial charge in [0, 0.05) is 11.1 Å². The van der Waals surface area contributed by atoms with Gasteiger partial charge in [-0.1, -0.05) is 6.58 Å². The zero-order chi connectivity index (χ0) is 12.3. The highest BCUT2D eigenvalue weighted by atomic mass is 16.5. The predicted octanol–water partition coefficient (Wildman–Crippen LogP) is 2.20. The van der Waals surface area contributed by atoms with E-state index in [-0.39, 0.29) is 17.1 Å². The summed E-state index contributed by atoms with van der Waals surface area (Å²) >= 11 is 0. The number of ether oxygens (including phenoxy) is 1. The molecule has 0 bridgehead atoms. The molecule has 0 aromatic heterocycles. The van der Waals surface area contributed by atoms with Crippen LogP contribution < -0.4 is 0 Å². The summed E-state index contributed by atoms with van der Waals surface area (Å²) in [6.45, 7) is 4.72. The van der Waals surface area contributed by atoms with Crippen molar-refractivity contribution in [2.45, 2.75) is 6.92 Å². The van der Waals surface area contributed by atoms with Crippen molar-refractivity contribution in [1.82, 2.24) is 0 Å². The average molecular weight is 220 g/mol. The minimum Gasteiger partial charge on any atom is -0.508 e. The van der Waals surface area contributed by atoms with Crippen LogP contribution in [0.15, 0.2) is 24.8 Å². The predicted molar refractivity (Wildman–Crippen MR) is 59.4 cm³/mol. The summed E-state index contributed by atoms with van der Waals surface area (Å²) in [6.07, 6.45) is 0. The maximum atomic E-state index is 11.3. The molecule has 1 aromatic rings. The third-order valence-corrected chi connectivity index (χ3v) is 2.09.